The highest BCUT2D eigenvalue weighted by atomic mass is 35.5. The van der Waals surface area contributed by atoms with Crippen molar-refractivity contribution in [3.8, 4) is 11.3 Å². The van der Waals surface area contributed by atoms with E-state index in [9.17, 15) is 0 Å². The number of anilines is 1. The number of hydrogen-bond acceptors (Lipinski definition) is 4. The molecule has 5 heteroatoms. The minimum absolute atomic E-state index is 0.392. The van der Waals surface area contributed by atoms with E-state index >= 15 is 0 Å². The van der Waals surface area contributed by atoms with E-state index in [0.717, 1.165) is 22.2 Å². The number of fused-ring (bicyclic) bond motifs is 1. The van der Waals surface area contributed by atoms with Crippen molar-refractivity contribution in [3.05, 3.63) is 53.6 Å². The van der Waals surface area contributed by atoms with Gasteiger partial charge in [0.1, 0.15) is 0 Å². The Hall–Kier alpha value is -2.17. The van der Waals surface area contributed by atoms with Crippen LogP contribution >= 0.6 is 11.6 Å². The predicted octanol–water partition coefficient (Wildman–Crippen LogP) is 3.24. The van der Waals surface area contributed by atoms with Gasteiger partial charge in [0.2, 0.25) is 5.95 Å². The van der Waals surface area contributed by atoms with Crippen LogP contribution in [-0.4, -0.2) is 9.97 Å². The molecule has 0 spiro atoms. The van der Waals surface area contributed by atoms with Crippen LogP contribution in [0, 0.1) is 0 Å². The standard InChI is InChI=1S/C14H11ClN4/c15-10-7-5-9(6-8-10)13-11-3-1-2-4-12(11)17-14(18-13)19-16/h1-8H,16H2,(H,17,18,19). The SMILES string of the molecule is NNc1nc(-c2ccc(Cl)cc2)c2ccccc2n1. The number of para-hydroxylation sites is 1. The highest BCUT2D eigenvalue weighted by molar-refractivity contribution is 6.30. The van der Waals surface area contributed by atoms with E-state index in [1.807, 2.05) is 48.5 Å². The van der Waals surface area contributed by atoms with Gasteiger partial charge in [-0.25, -0.2) is 15.8 Å². The lowest BCUT2D eigenvalue weighted by molar-refractivity contribution is 1.15. The molecule has 0 saturated heterocycles. The Balaban J connectivity index is 2.29. The molecule has 0 unspecified atom stereocenters. The summed E-state index contributed by atoms with van der Waals surface area (Å²) in [7, 11) is 0. The van der Waals surface area contributed by atoms with Gasteiger partial charge in [-0.2, -0.15) is 0 Å². The van der Waals surface area contributed by atoms with Gasteiger partial charge in [-0.3, -0.25) is 5.43 Å². The van der Waals surface area contributed by atoms with Crippen molar-refractivity contribution in [1.29, 1.82) is 0 Å². The van der Waals surface area contributed by atoms with Crippen LogP contribution in [0.4, 0.5) is 5.95 Å². The molecule has 3 aromatic rings. The lowest BCUT2D eigenvalue weighted by Gasteiger charge is -2.08. The fourth-order valence-corrected chi connectivity index (χ4v) is 2.09. The number of nitrogen functional groups attached to an aromatic ring is 1. The van der Waals surface area contributed by atoms with Crippen LogP contribution in [-0.2, 0) is 0 Å². The zero-order valence-electron chi connectivity index (χ0n) is 9.97. The second-order valence-corrected chi connectivity index (χ2v) is 4.50. The molecule has 0 aliphatic rings. The summed E-state index contributed by atoms with van der Waals surface area (Å²) in [6, 6.07) is 15.3. The van der Waals surface area contributed by atoms with Crippen molar-refractivity contribution in [2.45, 2.75) is 0 Å². The molecule has 3 rings (SSSR count). The van der Waals surface area contributed by atoms with Crippen molar-refractivity contribution in [2.75, 3.05) is 5.43 Å². The lowest BCUT2D eigenvalue weighted by atomic mass is 10.1. The predicted molar refractivity (Wildman–Crippen MR) is 77.8 cm³/mol. The summed E-state index contributed by atoms with van der Waals surface area (Å²) in [4.78, 5) is 8.75. The van der Waals surface area contributed by atoms with Crippen molar-refractivity contribution < 1.29 is 0 Å². The van der Waals surface area contributed by atoms with Gasteiger partial charge < -0.3 is 0 Å². The Morgan fingerprint density at radius 2 is 1.68 bits per heavy atom. The smallest absolute Gasteiger partial charge is 0.238 e. The number of hydrogen-bond donors (Lipinski definition) is 2. The number of benzene rings is 2. The molecule has 0 radical (unpaired) electrons. The van der Waals surface area contributed by atoms with Crippen molar-refractivity contribution in [3.63, 3.8) is 0 Å². The van der Waals surface area contributed by atoms with Crippen molar-refractivity contribution >= 4 is 28.5 Å². The zero-order valence-corrected chi connectivity index (χ0v) is 10.7. The molecule has 0 aliphatic heterocycles. The second-order valence-electron chi connectivity index (χ2n) is 4.06. The normalized spacial score (nSPS) is 10.6. The molecular weight excluding hydrogens is 260 g/mol. The van der Waals surface area contributed by atoms with Gasteiger partial charge in [-0.1, -0.05) is 41.9 Å². The first kappa shape index (κ1) is 11.9. The van der Waals surface area contributed by atoms with Crippen molar-refractivity contribution in [1.82, 2.24) is 9.97 Å². The minimum atomic E-state index is 0.392. The molecule has 2 aromatic carbocycles. The van der Waals surface area contributed by atoms with E-state index in [0.29, 0.717) is 11.0 Å². The fourth-order valence-electron chi connectivity index (χ4n) is 1.97. The Bertz CT molecular complexity index is 725. The van der Waals surface area contributed by atoms with Gasteiger partial charge >= 0.3 is 0 Å². The van der Waals surface area contributed by atoms with E-state index in [-0.39, 0.29) is 0 Å². The molecule has 19 heavy (non-hydrogen) atoms. The average Bonchev–Trinajstić information content (AvgIpc) is 2.47. The quantitative estimate of drug-likeness (QED) is 0.554. The molecular formula is C14H11ClN4. The summed E-state index contributed by atoms with van der Waals surface area (Å²) in [5.74, 6) is 5.81. The Kier molecular flexibility index (Phi) is 3.03. The largest absolute Gasteiger partial charge is 0.292 e. The molecule has 1 heterocycles. The van der Waals surface area contributed by atoms with E-state index in [1.54, 1.807) is 0 Å². The highest BCUT2D eigenvalue weighted by Crippen LogP contribution is 2.27. The monoisotopic (exact) mass is 270 g/mol. The van der Waals surface area contributed by atoms with Gasteiger partial charge in [0, 0.05) is 16.0 Å². The third-order valence-electron chi connectivity index (χ3n) is 2.85. The van der Waals surface area contributed by atoms with Gasteiger partial charge in [0.15, 0.2) is 0 Å². The number of hydrazine groups is 1. The first-order valence-corrected chi connectivity index (χ1v) is 6.15. The van der Waals surface area contributed by atoms with E-state index in [2.05, 4.69) is 15.4 Å². The summed E-state index contributed by atoms with van der Waals surface area (Å²) >= 11 is 5.91. The van der Waals surface area contributed by atoms with E-state index in [1.165, 1.54) is 0 Å². The van der Waals surface area contributed by atoms with Crippen LogP contribution in [0.2, 0.25) is 5.02 Å². The van der Waals surface area contributed by atoms with Crippen LogP contribution in [0.3, 0.4) is 0 Å². The zero-order chi connectivity index (χ0) is 13.2. The minimum Gasteiger partial charge on any atom is -0.292 e. The van der Waals surface area contributed by atoms with Crippen LogP contribution in [0.25, 0.3) is 22.2 Å². The van der Waals surface area contributed by atoms with Crippen LogP contribution < -0.4 is 11.3 Å². The van der Waals surface area contributed by atoms with Crippen LogP contribution in [0.1, 0.15) is 0 Å². The number of halogens is 1. The summed E-state index contributed by atoms with van der Waals surface area (Å²) < 4.78 is 0. The number of aromatic nitrogens is 2. The molecule has 0 aliphatic carbocycles. The molecule has 0 fully saturated rings. The van der Waals surface area contributed by atoms with Crippen LogP contribution in [0.5, 0.6) is 0 Å². The van der Waals surface area contributed by atoms with Gasteiger partial charge in [-0.05, 0) is 18.2 Å². The number of nitrogens with zero attached hydrogens (tertiary/aromatic N) is 2. The molecule has 0 saturated carbocycles. The van der Waals surface area contributed by atoms with Crippen molar-refractivity contribution in [2.24, 2.45) is 5.84 Å². The maximum absolute atomic E-state index is 5.91. The number of nitrogens with two attached hydrogens (primary N) is 1. The third-order valence-corrected chi connectivity index (χ3v) is 3.10. The van der Waals surface area contributed by atoms with E-state index < -0.39 is 0 Å². The third kappa shape index (κ3) is 2.23. The van der Waals surface area contributed by atoms with Gasteiger partial charge in [-0.15, -0.1) is 0 Å². The highest BCUT2D eigenvalue weighted by Gasteiger charge is 2.08. The number of rotatable bonds is 2. The fraction of sp³-hybridized carbons (Fsp3) is 0. The molecule has 0 atom stereocenters. The van der Waals surface area contributed by atoms with Crippen LogP contribution in [0.15, 0.2) is 48.5 Å². The van der Waals surface area contributed by atoms with Gasteiger partial charge in [0.05, 0.1) is 11.2 Å². The first-order chi connectivity index (χ1) is 9.28. The van der Waals surface area contributed by atoms with E-state index in [4.69, 9.17) is 17.4 Å². The first-order valence-electron chi connectivity index (χ1n) is 5.77. The second kappa shape index (κ2) is 4.84. The Morgan fingerprint density at radius 1 is 0.947 bits per heavy atom. The summed E-state index contributed by atoms with van der Waals surface area (Å²) in [6.07, 6.45) is 0. The summed E-state index contributed by atoms with van der Waals surface area (Å²) in [6.45, 7) is 0. The topological polar surface area (TPSA) is 63.8 Å². The lowest BCUT2D eigenvalue weighted by Crippen LogP contribution is -2.11. The molecule has 0 amide bonds. The number of nitrogens with one attached hydrogen (secondary N) is 1. The molecule has 4 nitrogen and oxygen atoms in total. The van der Waals surface area contributed by atoms with Gasteiger partial charge in [0.25, 0.3) is 0 Å². The summed E-state index contributed by atoms with van der Waals surface area (Å²) in [5, 5.41) is 1.67. The maximum atomic E-state index is 5.91. The maximum Gasteiger partial charge on any atom is 0.238 e. The average molecular weight is 271 g/mol. The Morgan fingerprint density at radius 3 is 2.42 bits per heavy atom. The molecule has 3 N–H and O–H groups in total. The molecule has 0 bridgehead atoms. The molecule has 94 valence electrons. The summed E-state index contributed by atoms with van der Waals surface area (Å²) in [5.41, 5.74) is 5.14. The molecule has 1 aromatic heterocycles. The Labute approximate surface area is 115 Å².